The van der Waals surface area contributed by atoms with Crippen molar-refractivity contribution >= 4 is 12.0 Å². The van der Waals surface area contributed by atoms with Gasteiger partial charge in [-0.2, -0.15) is 0 Å². The second-order valence-electron chi connectivity index (χ2n) is 5.55. The van der Waals surface area contributed by atoms with Crippen LogP contribution in [-0.4, -0.2) is 52.6 Å². The third-order valence-corrected chi connectivity index (χ3v) is 3.79. The van der Waals surface area contributed by atoms with Crippen molar-refractivity contribution in [3.8, 4) is 0 Å². The summed E-state index contributed by atoms with van der Waals surface area (Å²) in [6.45, 7) is 7.62. The van der Waals surface area contributed by atoms with Crippen LogP contribution in [0.5, 0.6) is 0 Å². The lowest BCUT2D eigenvalue weighted by molar-refractivity contribution is -0.137. The minimum atomic E-state index is -0.861. The summed E-state index contributed by atoms with van der Waals surface area (Å²) in [4.78, 5) is 26.6. The topological polar surface area (TPSA) is 60.9 Å². The highest BCUT2D eigenvalue weighted by molar-refractivity contribution is 5.75. The smallest absolute Gasteiger partial charge is 0.320 e. The van der Waals surface area contributed by atoms with Crippen molar-refractivity contribution in [3.63, 3.8) is 0 Å². The van der Waals surface area contributed by atoms with Gasteiger partial charge in [0.05, 0.1) is 6.42 Å². The van der Waals surface area contributed by atoms with Gasteiger partial charge in [-0.05, 0) is 39.5 Å². The molecule has 0 heterocycles. The van der Waals surface area contributed by atoms with Crippen molar-refractivity contribution in [2.24, 2.45) is 5.92 Å². The summed E-state index contributed by atoms with van der Waals surface area (Å²) in [5.74, 6) is -0.224. The van der Waals surface area contributed by atoms with Crippen LogP contribution in [0.4, 0.5) is 4.79 Å². The van der Waals surface area contributed by atoms with Crippen LogP contribution in [0.2, 0.25) is 0 Å². The van der Waals surface area contributed by atoms with Gasteiger partial charge in [-0.25, -0.2) is 4.79 Å². The van der Waals surface area contributed by atoms with Gasteiger partial charge in [0, 0.05) is 25.7 Å². The highest BCUT2D eigenvalue weighted by Gasteiger charge is 2.27. The Labute approximate surface area is 115 Å². The Morgan fingerprint density at radius 2 is 1.95 bits per heavy atom. The molecule has 5 nitrogen and oxygen atoms in total. The maximum absolute atomic E-state index is 12.5. The van der Waals surface area contributed by atoms with Crippen molar-refractivity contribution in [1.82, 2.24) is 9.80 Å². The zero-order valence-corrected chi connectivity index (χ0v) is 12.3. The highest BCUT2D eigenvalue weighted by Crippen LogP contribution is 2.27. The lowest BCUT2D eigenvalue weighted by Gasteiger charge is -2.36. The summed E-state index contributed by atoms with van der Waals surface area (Å²) in [6.07, 6.45) is 3.69. The first-order valence-electron chi connectivity index (χ1n) is 7.23. The van der Waals surface area contributed by atoms with Gasteiger partial charge in [0.15, 0.2) is 0 Å². The Bertz CT molecular complexity index is 314. The van der Waals surface area contributed by atoms with Crippen molar-refractivity contribution < 1.29 is 14.7 Å². The molecule has 1 rings (SSSR count). The minimum absolute atomic E-state index is 0.00486. The average Bonchev–Trinajstić information content (AvgIpc) is 2.26. The minimum Gasteiger partial charge on any atom is -0.481 e. The second kappa shape index (κ2) is 7.36. The van der Waals surface area contributed by atoms with Crippen molar-refractivity contribution in [3.05, 3.63) is 0 Å². The normalized spacial score (nSPS) is 15.2. The average molecular weight is 270 g/mol. The van der Waals surface area contributed by atoms with E-state index in [1.807, 2.05) is 25.7 Å². The van der Waals surface area contributed by atoms with Gasteiger partial charge in [-0.15, -0.1) is 0 Å². The van der Waals surface area contributed by atoms with Crippen molar-refractivity contribution in [2.45, 2.75) is 52.5 Å². The lowest BCUT2D eigenvalue weighted by Crippen LogP contribution is -2.49. The molecule has 0 radical (unpaired) electrons. The molecule has 5 heteroatoms. The van der Waals surface area contributed by atoms with Crippen LogP contribution in [0.25, 0.3) is 0 Å². The zero-order valence-electron chi connectivity index (χ0n) is 12.3. The first-order chi connectivity index (χ1) is 8.95. The predicted molar refractivity (Wildman–Crippen MR) is 74.1 cm³/mol. The number of carbonyl (C=O) groups is 2. The molecule has 0 saturated heterocycles. The van der Waals surface area contributed by atoms with Gasteiger partial charge in [0.2, 0.25) is 0 Å². The first kappa shape index (κ1) is 15.8. The van der Waals surface area contributed by atoms with Gasteiger partial charge < -0.3 is 14.9 Å². The molecule has 0 atom stereocenters. The molecule has 0 spiro atoms. The third-order valence-electron chi connectivity index (χ3n) is 3.79. The monoisotopic (exact) mass is 270 g/mol. The zero-order chi connectivity index (χ0) is 14.4. The van der Waals surface area contributed by atoms with E-state index in [1.54, 1.807) is 4.90 Å². The molecule has 0 aromatic heterocycles. The standard InChI is InChI=1S/C14H26N2O3/c1-4-15(10-12-6-5-7-12)14(19)16(11(2)3)9-8-13(17)18/h11-12H,4-10H2,1-3H3,(H,17,18). The quantitative estimate of drug-likeness (QED) is 0.772. The molecule has 1 N–H and O–H groups in total. The summed E-state index contributed by atoms with van der Waals surface area (Å²) in [6, 6.07) is 0.00735. The first-order valence-corrected chi connectivity index (χ1v) is 7.23. The number of urea groups is 1. The molecule has 0 unspecified atom stereocenters. The van der Waals surface area contributed by atoms with E-state index in [0.29, 0.717) is 12.5 Å². The van der Waals surface area contributed by atoms with E-state index in [1.165, 1.54) is 19.3 Å². The molecule has 19 heavy (non-hydrogen) atoms. The van der Waals surface area contributed by atoms with Gasteiger partial charge >= 0.3 is 12.0 Å². The van der Waals surface area contributed by atoms with Gasteiger partial charge in [-0.3, -0.25) is 4.79 Å². The van der Waals surface area contributed by atoms with E-state index in [0.717, 1.165) is 6.54 Å². The SMILES string of the molecule is CCN(CC1CCC1)C(=O)N(CCC(=O)O)C(C)C. The Balaban J connectivity index is 2.58. The third kappa shape index (κ3) is 4.73. The number of hydrogen-bond donors (Lipinski definition) is 1. The van der Waals surface area contributed by atoms with E-state index >= 15 is 0 Å². The van der Waals surface area contributed by atoms with Crippen LogP contribution >= 0.6 is 0 Å². The van der Waals surface area contributed by atoms with Crippen LogP contribution in [-0.2, 0) is 4.79 Å². The molecule has 2 amide bonds. The van der Waals surface area contributed by atoms with E-state index in [2.05, 4.69) is 0 Å². The molecular weight excluding hydrogens is 244 g/mol. The fourth-order valence-corrected chi connectivity index (χ4v) is 2.30. The second-order valence-corrected chi connectivity index (χ2v) is 5.55. The molecule has 110 valence electrons. The summed E-state index contributed by atoms with van der Waals surface area (Å²) >= 11 is 0. The molecule has 0 bridgehead atoms. The summed E-state index contributed by atoms with van der Waals surface area (Å²) in [7, 11) is 0. The Morgan fingerprint density at radius 3 is 2.32 bits per heavy atom. The number of hydrogen-bond acceptors (Lipinski definition) is 2. The Morgan fingerprint density at radius 1 is 1.32 bits per heavy atom. The molecule has 1 aliphatic rings. The Kier molecular flexibility index (Phi) is 6.12. The fourth-order valence-electron chi connectivity index (χ4n) is 2.30. The molecule has 0 aromatic rings. The number of carboxylic acids is 1. The number of nitrogens with zero attached hydrogens (tertiary/aromatic N) is 2. The molecule has 1 fully saturated rings. The maximum atomic E-state index is 12.5. The molecule has 0 aromatic carbocycles. The summed E-state index contributed by atoms with van der Waals surface area (Å²) in [5, 5.41) is 8.76. The number of carboxylic acid groups (broad SMARTS) is 1. The van der Waals surface area contributed by atoms with Crippen molar-refractivity contribution in [2.75, 3.05) is 19.6 Å². The van der Waals surface area contributed by atoms with Crippen LogP contribution < -0.4 is 0 Å². The van der Waals surface area contributed by atoms with Gasteiger partial charge in [0.25, 0.3) is 0 Å². The van der Waals surface area contributed by atoms with E-state index in [9.17, 15) is 9.59 Å². The number of carbonyl (C=O) groups excluding carboxylic acids is 1. The molecule has 0 aliphatic heterocycles. The van der Waals surface area contributed by atoms with Gasteiger partial charge in [-0.1, -0.05) is 6.42 Å². The molecular formula is C14H26N2O3. The van der Waals surface area contributed by atoms with E-state index in [4.69, 9.17) is 5.11 Å². The van der Waals surface area contributed by atoms with E-state index < -0.39 is 5.97 Å². The highest BCUT2D eigenvalue weighted by atomic mass is 16.4. The molecule has 1 aliphatic carbocycles. The number of rotatable bonds is 7. The summed E-state index contributed by atoms with van der Waals surface area (Å²) in [5.41, 5.74) is 0. The van der Waals surface area contributed by atoms with Crippen molar-refractivity contribution in [1.29, 1.82) is 0 Å². The number of aliphatic carboxylic acids is 1. The van der Waals surface area contributed by atoms with Crippen LogP contribution in [0.15, 0.2) is 0 Å². The van der Waals surface area contributed by atoms with Crippen LogP contribution in [0.3, 0.4) is 0 Å². The van der Waals surface area contributed by atoms with E-state index in [-0.39, 0.29) is 25.0 Å². The number of amides is 2. The van der Waals surface area contributed by atoms with Gasteiger partial charge in [0.1, 0.15) is 0 Å². The van der Waals surface area contributed by atoms with Crippen LogP contribution in [0, 0.1) is 5.92 Å². The predicted octanol–water partition coefficient (Wildman–Crippen LogP) is 2.41. The van der Waals surface area contributed by atoms with Crippen LogP contribution in [0.1, 0.15) is 46.5 Å². The Hall–Kier alpha value is -1.26. The largest absolute Gasteiger partial charge is 0.481 e. The molecule has 1 saturated carbocycles. The maximum Gasteiger partial charge on any atom is 0.320 e. The fraction of sp³-hybridized carbons (Fsp3) is 0.857. The lowest BCUT2D eigenvalue weighted by atomic mass is 9.85. The summed E-state index contributed by atoms with van der Waals surface area (Å²) < 4.78 is 0.